The maximum absolute atomic E-state index is 14.3. The first-order valence-corrected chi connectivity index (χ1v) is 9.98. The Bertz CT molecular complexity index is 1210. The summed E-state index contributed by atoms with van der Waals surface area (Å²) in [5, 5.41) is 11.0. The largest absolute Gasteiger partial charge is 0.507 e. The highest BCUT2D eigenvalue weighted by atomic mass is 19.1. The van der Waals surface area contributed by atoms with Gasteiger partial charge in [-0.3, -0.25) is 14.6 Å². The van der Waals surface area contributed by atoms with Crippen molar-refractivity contribution in [1.82, 2.24) is 9.88 Å². The van der Waals surface area contributed by atoms with Gasteiger partial charge in [-0.1, -0.05) is 29.8 Å². The zero-order valence-corrected chi connectivity index (χ0v) is 17.6. The van der Waals surface area contributed by atoms with Crippen LogP contribution in [0.5, 0.6) is 5.75 Å². The van der Waals surface area contributed by atoms with Crippen LogP contribution in [0.2, 0.25) is 0 Å². The van der Waals surface area contributed by atoms with Gasteiger partial charge in [-0.05, 0) is 48.4 Å². The maximum Gasteiger partial charge on any atom is 0.295 e. The third-order valence-electron chi connectivity index (χ3n) is 5.46. The number of aliphatic hydroxyl groups excluding tert-OH is 1. The molecule has 1 fully saturated rings. The number of hydrogen-bond acceptors (Lipinski definition) is 5. The van der Waals surface area contributed by atoms with E-state index in [1.165, 1.54) is 24.1 Å². The molecule has 1 aromatic heterocycles. The molecule has 0 bridgehead atoms. The van der Waals surface area contributed by atoms with Crippen molar-refractivity contribution in [3.63, 3.8) is 0 Å². The smallest absolute Gasteiger partial charge is 0.295 e. The Labute approximate surface area is 184 Å². The van der Waals surface area contributed by atoms with E-state index in [1.807, 2.05) is 31.2 Å². The Balaban J connectivity index is 1.86. The average Bonchev–Trinajstić information content (AvgIpc) is 3.04. The number of ketones is 1. The minimum atomic E-state index is -0.825. The van der Waals surface area contributed by atoms with Crippen LogP contribution in [0.3, 0.4) is 0 Å². The van der Waals surface area contributed by atoms with Crippen LogP contribution in [-0.2, 0) is 16.1 Å². The fraction of sp³-hybridized carbons (Fsp3) is 0.160. The van der Waals surface area contributed by atoms with Gasteiger partial charge in [0.25, 0.3) is 11.7 Å². The summed E-state index contributed by atoms with van der Waals surface area (Å²) in [4.78, 5) is 31.4. The molecule has 0 saturated carbocycles. The summed E-state index contributed by atoms with van der Waals surface area (Å²) in [5.74, 6) is -2.67. The molecule has 1 N–H and O–H groups in total. The normalized spacial score (nSPS) is 17.6. The maximum atomic E-state index is 14.3. The lowest BCUT2D eigenvalue weighted by atomic mass is 9.94. The van der Waals surface area contributed by atoms with Crippen molar-refractivity contribution in [1.29, 1.82) is 0 Å². The number of benzene rings is 2. The standard InChI is InChI=1S/C25H21FN2O4/c1-15-3-5-17(6-4-15)22-21(23(29)18-7-8-20(32-2)19(26)13-18)24(30)25(31)28(22)14-16-9-11-27-12-10-16/h3-13,22,29H,14H2,1-2H3/b23-21-. The molecule has 3 aromatic rings. The molecule has 1 saturated heterocycles. The highest BCUT2D eigenvalue weighted by Gasteiger charge is 2.46. The molecule has 1 unspecified atom stereocenters. The molecule has 4 rings (SSSR count). The van der Waals surface area contributed by atoms with Crippen molar-refractivity contribution < 1.29 is 23.8 Å². The van der Waals surface area contributed by atoms with E-state index in [-0.39, 0.29) is 23.4 Å². The minimum Gasteiger partial charge on any atom is -0.507 e. The van der Waals surface area contributed by atoms with Gasteiger partial charge in [-0.2, -0.15) is 0 Å². The summed E-state index contributed by atoms with van der Waals surface area (Å²) in [7, 11) is 1.33. The summed E-state index contributed by atoms with van der Waals surface area (Å²) in [6, 6.07) is 13.9. The minimum absolute atomic E-state index is 0.00905. The first-order valence-electron chi connectivity index (χ1n) is 9.98. The fourth-order valence-corrected chi connectivity index (χ4v) is 3.79. The summed E-state index contributed by atoms with van der Waals surface area (Å²) in [5.41, 5.74) is 2.46. The van der Waals surface area contributed by atoms with Gasteiger partial charge in [0.05, 0.1) is 18.7 Å². The molecule has 162 valence electrons. The van der Waals surface area contributed by atoms with Gasteiger partial charge in [0.15, 0.2) is 11.6 Å². The number of hydrogen-bond donors (Lipinski definition) is 1. The molecule has 1 atom stereocenters. The van der Waals surface area contributed by atoms with Gasteiger partial charge in [0.2, 0.25) is 0 Å². The van der Waals surface area contributed by atoms with Crippen molar-refractivity contribution in [2.45, 2.75) is 19.5 Å². The monoisotopic (exact) mass is 432 g/mol. The van der Waals surface area contributed by atoms with E-state index in [1.54, 1.807) is 24.5 Å². The SMILES string of the molecule is COc1ccc(/C(O)=C2/C(=O)C(=O)N(Cc3ccncc3)C2c2ccc(C)cc2)cc1F. The highest BCUT2D eigenvalue weighted by Crippen LogP contribution is 2.40. The van der Waals surface area contributed by atoms with E-state index in [0.717, 1.165) is 17.2 Å². The summed E-state index contributed by atoms with van der Waals surface area (Å²) >= 11 is 0. The Kier molecular flexibility index (Phi) is 5.73. The quantitative estimate of drug-likeness (QED) is 0.372. The van der Waals surface area contributed by atoms with Crippen molar-refractivity contribution in [2.75, 3.05) is 7.11 Å². The number of aromatic nitrogens is 1. The number of nitrogens with zero attached hydrogens (tertiary/aromatic N) is 2. The number of halogens is 1. The van der Waals surface area contributed by atoms with Gasteiger partial charge < -0.3 is 14.7 Å². The fourth-order valence-electron chi connectivity index (χ4n) is 3.79. The molecule has 0 aliphatic carbocycles. The van der Waals surface area contributed by atoms with E-state index < -0.39 is 29.3 Å². The van der Waals surface area contributed by atoms with Crippen molar-refractivity contribution >= 4 is 17.4 Å². The number of rotatable bonds is 5. The Morgan fingerprint density at radius 2 is 1.78 bits per heavy atom. The van der Waals surface area contributed by atoms with Crippen molar-refractivity contribution in [3.05, 3.63) is 101 Å². The molecular formula is C25H21FN2O4. The lowest BCUT2D eigenvalue weighted by molar-refractivity contribution is -0.140. The number of Topliss-reactive ketones (excluding diaryl/α,β-unsaturated/α-hetero) is 1. The van der Waals surface area contributed by atoms with Gasteiger partial charge in [-0.15, -0.1) is 0 Å². The van der Waals surface area contributed by atoms with Crippen LogP contribution >= 0.6 is 0 Å². The predicted octanol–water partition coefficient (Wildman–Crippen LogP) is 4.16. The topological polar surface area (TPSA) is 79.7 Å². The van der Waals surface area contributed by atoms with Gasteiger partial charge >= 0.3 is 0 Å². The summed E-state index contributed by atoms with van der Waals surface area (Å²) in [6.45, 7) is 2.08. The zero-order valence-electron chi connectivity index (χ0n) is 17.6. The number of likely N-dealkylation sites (tertiary alicyclic amines) is 1. The number of aryl methyl sites for hydroxylation is 1. The molecule has 32 heavy (non-hydrogen) atoms. The van der Waals surface area contributed by atoms with Crippen LogP contribution in [0.1, 0.15) is 28.3 Å². The van der Waals surface area contributed by atoms with Crippen LogP contribution in [0.15, 0.2) is 72.6 Å². The number of methoxy groups -OCH3 is 1. The molecule has 6 nitrogen and oxygen atoms in total. The van der Waals surface area contributed by atoms with Crippen molar-refractivity contribution in [2.24, 2.45) is 0 Å². The second-order valence-corrected chi connectivity index (χ2v) is 7.54. The third-order valence-corrected chi connectivity index (χ3v) is 5.46. The second kappa shape index (κ2) is 8.63. The van der Waals surface area contributed by atoms with Crippen LogP contribution in [0.25, 0.3) is 5.76 Å². The van der Waals surface area contributed by atoms with Crippen molar-refractivity contribution in [3.8, 4) is 5.75 Å². The molecular weight excluding hydrogens is 411 g/mol. The number of ether oxygens (including phenoxy) is 1. The summed E-state index contributed by atoms with van der Waals surface area (Å²) < 4.78 is 19.2. The van der Waals surface area contributed by atoms with Gasteiger partial charge in [-0.25, -0.2) is 4.39 Å². The molecule has 2 aromatic carbocycles. The van der Waals surface area contributed by atoms with E-state index >= 15 is 0 Å². The molecule has 0 radical (unpaired) electrons. The molecule has 0 spiro atoms. The molecule has 1 aliphatic rings. The van der Waals surface area contributed by atoms with Crippen LogP contribution in [0, 0.1) is 12.7 Å². The van der Waals surface area contributed by atoms with E-state index in [2.05, 4.69) is 4.98 Å². The number of carbonyl (C=O) groups excluding carboxylic acids is 2. The number of amides is 1. The molecule has 1 aliphatic heterocycles. The molecule has 2 heterocycles. The average molecular weight is 432 g/mol. The molecule has 1 amide bonds. The Hall–Kier alpha value is -4.00. The van der Waals surface area contributed by atoms with Crippen LogP contribution in [0.4, 0.5) is 4.39 Å². The van der Waals surface area contributed by atoms with Gasteiger partial charge in [0, 0.05) is 24.5 Å². The van der Waals surface area contributed by atoms with Crippen LogP contribution in [-0.4, -0.2) is 33.8 Å². The lowest BCUT2D eigenvalue weighted by Crippen LogP contribution is -2.29. The van der Waals surface area contributed by atoms with E-state index in [9.17, 15) is 19.1 Å². The summed E-state index contributed by atoms with van der Waals surface area (Å²) in [6.07, 6.45) is 3.21. The number of pyridine rings is 1. The highest BCUT2D eigenvalue weighted by molar-refractivity contribution is 6.46. The predicted molar refractivity (Wildman–Crippen MR) is 116 cm³/mol. The Morgan fingerprint density at radius 1 is 1.09 bits per heavy atom. The first-order chi connectivity index (χ1) is 15.4. The number of aliphatic hydroxyl groups is 1. The zero-order chi connectivity index (χ0) is 22.8. The number of carbonyl (C=O) groups is 2. The Morgan fingerprint density at radius 3 is 2.41 bits per heavy atom. The first kappa shape index (κ1) is 21.2. The van der Waals surface area contributed by atoms with Crippen LogP contribution < -0.4 is 4.74 Å². The third kappa shape index (κ3) is 3.85. The van der Waals surface area contributed by atoms with Gasteiger partial charge in [0.1, 0.15) is 5.76 Å². The lowest BCUT2D eigenvalue weighted by Gasteiger charge is -2.25. The van der Waals surface area contributed by atoms with E-state index in [0.29, 0.717) is 5.56 Å². The molecule has 7 heteroatoms. The van der Waals surface area contributed by atoms with E-state index in [4.69, 9.17) is 4.74 Å². The second-order valence-electron chi connectivity index (χ2n) is 7.54.